The van der Waals surface area contributed by atoms with E-state index in [0.717, 1.165) is 37.3 Å². The minimum atomic E-state index is -0.675. The number of rotatable bonds is 7. The zero-order chi connectivity index (χ0) is 14.2. The van der Waals surface area contributed by atoms with Crippen LogP contribution >= 0.6 is 0 Å². The van der Waals surface area contributed by atoms with Crippen molar-refractivity contribution in [2.24, 2.45) is 0 Å². The van der Waals surface area contributed by atoms with Gasteiger partial charge in [-0.3, -0.25) is 4.98 Å². The van der Waals surface area contributed by atoms with Gasteiger partial charge in [0, 0.05) is 31.5 Å². The Labute approximate surface area is 116 Å². The Morgan fingerprint density at radius 1 is 1.15 bits per heavy atom. The van der Waals surface area contributed by atoms with Gasteiger partial charge in [0.15, 0.2) is 11.6 Å². The van der Waals surface area contributed by atoms with Gasteiger partial charge in [-0.05, 0) is 24.6 Å². The van der Waals surface area contributed by atoms with Crippen molar-refractivity contribution in [2.45, 2.75) is 13.0 Å². The molecule has 106 valence electrons. The van der Waals surface area contributed by atoms with Crippen molar-refractivity contribution in [1.82, 2.24) is 15.3 Å². The molecule has 0 aliphatic heterocycles. The minimum absolute atomic E-state index is 0.0821. The number of halogens is 2. The molecule has 0 aliphatic rings. The fraction of sp³-hybridized carbons (Fsp3) is 0.286. The van der Waals surface area contributed by atoms with E-state index in [1.807, 2.05) is 18.3 Å². The van der Waals surface area contributed by atoms with Crippen LogP contribution in [-0.4, -0.2) is 23.1 Å². The van der Waals surface area contributed by atoms with E-state index in [-0.39, 0.29) is 5.82 Å². The largest absolute Gasteiger partial charge is 0.368 e. The smallest absolute Gasteiger partial charge is 0.168 e. The second kappa shape index (κ2) is 7.49. The first-order valence-electron chi connectivity index (χ1n) is 6.40. The molecule has 0 saturated carbocycles. The quantitative estimate of drug-likeness (QED) is 0.763. The van der Waals surface area contributed by atoms with E-state index in [1.165, 1.54) is 0 Å². The molecule has 0 aromatic carbocycles. The molecule has 2 heterocycles. The van der Waals surface area contributed by atoms with Crippen molar-refractivity contribution in [2.75, 3.05) is 18.4 Å². The lowest BCUT2D eigenvalue weighted by molar-refractivity contribution is 0.574. The van der Waals surface area contributed by atoms with Gasteiger partial charge in [-0.25, -0.2) is 13.8 Å². The summed E-state index contributed by atoms with van der Waals surface area (Å²) >= 11 is 0. The highest BCUT2D eigenvalue weighted by molar-refractivity contribution is 5.35. The Morgan fingerprint density at radius 2 is 2.05 bits per heavy atom. The van der Waals surface area contributed by atoms with Crippen LogP contribution in [0.15, 0.2) is 36.8 Å². The van der Waals surface area contributed by atoms with Gasteiger partial charge in [0.2, 0.25) is 0 Å². The lowest BCUT2D eigenvalue weighted by atomic mass is 10.3. The molecule has 0 bridgehead atoms. The predicted octanol–water partition coefficient (Wildman–Crippen LogP) is 2.35. The fourth-order valence-corrected chi connectivity index (χ4v) is 1.70. The zero-order valence-corrected chi connectivity index (χ0v) is 10.9. The van der Waals surface area contributed by atoms with Crippen LogP contribution in [0.2, 0.25) is 0 Å². The Hall–Kier alpha value is -2.08. The third-order valence-electron chi connectivity index (χ3n) is 2.68. The van der Waals surface area contributed by atoms with Crippen molar-refractivity contribution in [3.05, 3.63) is 54.0 Å². The summed E-state index contributed by atoms with van der Waals surface area (Å²) in [5.41, 5.74) is 1.12. The highest BCUT2D eigenvalue weighted by Gasteiger charge is 2.03. The summed E-state index contributed by atoms with van der Waals surface area (Å²) in [6, 6.07) is 4.70. The van der Waals surface area contributed by atoms with Crippen LogP contribution < -0.4 is 10.6 Å². The van der Waals surface area contributed by atoms with E-state index in [9.17, 15) is 8.78 Å². The number of aromatic nitrogens is 2. The number of nitrogens with zero attached hydrogens (tertiary/aromatic N) is 2. The number of pyridine rings is 2. The summed E-state index contributed by atoms with van der Waals surface area (Å²) < 4.78 is 25.9. The van der Waals surface area contributed by atoms with Gasteiger partial charge in [0.1, 0.15) is 5.82 Å². The van der Waals surface area contributed by atoms with Gasteiger partial charge in [-0.1, -0.05) is 6.07 Å². The van der Waals surface area contributed by atoms with Gasteiger partial charge in [-0.15, -0.1) is 0 Å². The summed E-state index contributed by atoms with van der Waals surface area (Å²) in [5.74, 6) is -1.27. The molecule has 2 N–H and O–H groups in total. The fourth-order valence-electron chi connectivity index (χ4n) is 1.70. The molecule has 0 fully saturated rings. The summed E-state index contributed by atoms with van der Waals surface area (Å²) in [6.07, 6.45) is 5.34. The molecule has 2 aromatic heterocycles. The van der Waals surface area contributed by atoms with Gasteiger partial charge >= 0.3 is 0 Å². The molecule has 20 heavy (non-hydrogen) atoms. The maximum absolute atomic E-state index is 13.3. The van der Waals surface area contributed by atoms with Crippen LogP contribution in [-0.2, 0) is 6.54 Å². The van der Waals surface area contributed by atoms with Crippen LogP contribution in [0.3, 0.4) is 0 Å². The summed E-state index contributed by atoms with van der Waals surface area (Å²) in [5, 5.41) is 6.09. The predicted molar refractivity (Wildman–Crippen MR) is 73.2 cm³/mol. The average Bonchev–Trinajstić information content (AvgIpc) is 2.46. The minimum Gasteiger partial charge on any atom is -0.368 e. The van der Waals surface area contributed by atoms with E-state index in [0.29, 0.717) is 6.54 Å². The van der Waals surface area contributed by atoms with Crippen molar-refractivity contribution in [1.29, 1.82) is 0 Å². The van der Waals surface area contributed by atoms with Crippen LogP contribution in [0.5, 0.6) is 0 Å². The van der Waals surface area contributed by atoms with Crippen LogP contribution in [0, 0.1) is 11.6 Å². The van der Waals surface area contributed by atoms with Gasteiger partial charge in [0.05, 0.1) is 6.20 Å². The van der Waals surface area contributed by atoms with Crippen molar-refractivity contribution in [3.63, 3.8) is 0 Å². The third kappa shape index (κ3) is 4.55. The molecule has 0 atom stereocenters. The lowest BCUT2D eigenvalue weighted by Gasteiger charge is -2.07. The Balaban J connectivity index is 1.62. The first-order chi connectivity index (χ1) is 9.75. The van der Waals surface area contributed by atoms with Crippen LogP contribution in [0.1, 0.15) is 12.0 Å². The molecular formula is C14H16F2N4. The Morgan fingerprint density at radius 3 is 2.80 bits per heavy atom. The summed E-state index contributed by atoms with van der Waals surface area (Å²) in [4.78, 5) is 7.68. The van der Waals surface area contributed by atoms with Gasteiger partial charge < -0.3 is 10.6 Å². The monoisotopic (exact) mass is 278 g/mol. The molecule has 0 spiro atoms. The standard InChI is InChI=1S/C14H16F2N4/c15-12-7-13(16)14(20-10-12)19-6-2-5-18-9-11-3-1-4-17-8-11/h1,3-4,7-8,10,18H,2,5-6,9H2,(H,19,20). The molecule has 0 radical (unpaired) electrons. The van der Waals surface area contributed by atoms with Crippen molar-refractivity contribution in [3.8, 4) is 0 Å². The van der Waals surface area contributed by atoms with E-state index in [4.69, 9.17) is 0 Å². The van der Waals surface area contributed by atoms with Crippen molar-refractivity contribution >= 4 is 5.82 Å². The molecule has 0 saturated heterocycles. The topological polar surface area (TPSA) is 49.8 Å². The second-order valence-electron chi connectivity index (χ2n) is 4.30. The van der Waals surface area contributed by atoms with E-state index in [2.05, 4.69) is 20.6 Å². The molecule has 0 amide bonds. The lowest BCUT2D eigenvalue weighted by Crippen LogP contribution is -2.18. The third-order valence-corrected chi connectivity index (χ3v) is 2.68. The number of anilines is 1. The average molecular weight is 278 g/mol. The number of hydrogen-bond acceptors (Lipinski definition) is 4. The van der Waals surface area contributed by atoms with Gasteiger partial charge in [-0.2, -0.15) is 0 Å². The van der Waals surface area contributed by atoms with Crippen molar-refractivity contribution < 1.29 is 8.78 Å². The molecule has 2 aromatic rings. The van der Waals surface area contributed by atoms with E-state index < -0.39 is 11.6 Å². The van der Waals surface area contributed by atoms with Crippen LogP contribution in [0.4, 0.5) is 14.6 Å². The van der Waals surface area contributed by atoms with Gasteiger partial charge in [0.25, 0.3) is 0 Å². The molecular weight excluding hydrogens is 262 g/mol. The van der Waals surface area contributed by atoms with E-state index in [1.54, 1.807) is 6.20 Å². The Kier molecular flexibility index (Phi) is 5.37. The van der Waals surface area contributed by atoms with Crippen LogP contribution in [0.25, 0.3) is 0 Å². The number of nitrogens with one attached hydrogen (secondary N) is 2. The molecule has 2 rings (SSSR count). The second-order valence-corrected chi connectivity index (χ2v) is 4.30. The Bertz CT molecular complexity index is 534. The maximum Gasteiger partial charge on any atom is 0.168 e. The summed E-state index contributed by atoms with van der Waals surface area (Å²) in [7, 11) is 0. The first-order valence-corrected chi connectivity index (χ1v) is 6.40. The first kappa shape index (κ1) is 14.3. The normalized spacial score (nSPS) is 10.5. The van der Waals surface area contributed by atoms with E-state index >= 15 is 0 Å². The number of hydrogen-bond donors (Lipinski definition) is 2. The highest BCUT2D eigenvalue weighted by atomic mass is 19.1. The highest BCUT2D eigenvalue weighted by Crippen LogP contribution is 2.10. The molecule has 4 nitrogen and oxygen atoms in total. The summed E-state index contributed by atoms with van der Waals surface area (Å²) in [6.45, 7) is 2.09. The maximum atomic E-state index is 13.3. The molecule has 0 aliphatic carbocycles. The zero-order valence-electron chi connectivity index (χ0n) is 10.9. The molecule has 6 heteroatoms. The molecule has 0 unspecified atom stereocenters. The SMILES string of the molecule is Fc1cnc(NCCCNCc2cccnc2)c(F)c1.